The largest absolute Gasteiger partial charge is 0.349 e. The molecule has 1 unspecified atom stereocenters. The molecule has 10 nitrogen and oxygen atoms in total. The van der Waals surface area contributed by atoms with Crippen LogP contribution >= 0.6 is 0 Å². The normalized spacial score (nSPS) is 16.7. The van der Waals surface area contributed by atoms with Crippen LogP contribution in [0, 0.1) is 0 Å². The Morgan fingerprint density at radius 2 is 2.08 bits per heavy atom. The summed E-state index contributed by atoms with van der Waals surface area (Å²) < 4.78 is 0. The van der Waals surface area contributed by atoms with Gasteiger partial charge in [-0.2, -0.15) is 5.10 Å². The molecule has 0 aromatic carbocycles. The number of amides is 4. The monoisotopic (exact) mass is 357 g/mol. The fourth-order valence-corrected chi connectivity index (χ4v) is 2.59. The van der Waals surface area contributed by atoms with Crippen molar-refractivity contribution in [3.8, 4) is 11.4 Å². The maximum absolute atomic E-state index is 12.1. The Morgan fingerprint density at radius 1 is 1.31 bits per heavy atom. The van der Waals surface area contributed by atoms with E-state index in [0.29, 0.717) is 24.6 Å². The number of carbonyl (C=O) groups is 3. The van der Waals surface area contributed by atoms with Crippen molar-refractivity contribution in [2.75, 3.05) is 6.54 Å². The molecule has 0 spiro atoms. The van der Waals surface area contributed by atoms with E-state index >= 15 is 0 Å². The average Bonchev–Trinajstić information content (AvgIpc) is 3.22. The van der Waals surface area contributed by atoms with E-state index in [9.17, 15) is 14.4 Å². The molecule has 1 aliphatic rings. The van der Waals surface area contributed by atoms with Gasteiger partial charge in [0.1, 0.15) is 11.9 Å². The van der Waals surface area contributed by atoms with Crippen LogP contribution in [-0.2, 0) is 16.1 Å². The molecule has 10 heteroatoms. The maximum Gasteiger partial charge on any atom is 0.324 e. The number of pyridine rings is 1. The summed E-state index contributed by atoms with van der Waals surface area (Å²) in [5, 5.41) is 12.0. The van der Waals surface area contributed by atoms with E-state index < -0.39 is 12.1 Å². The van der Waals surface area contributed by atoms with Gasteiger partial charge in [0.15, 0.2) is 5.82 Å². The molecule has 1 fully saturated rings. The van der Waals surface area contributed by atoms with Crippen molar-refractivity contribution in [2.45, 2.75) is 32.4 Å². The molecule has 4 amide bonds. The lowest BCUT2D eigenvalue weighted by Gasteiger charge is -2.11. The SMILES string of the molecule is CCCN1C(=O)NC(CC(=O)NCc2nc(-c3ccncc3)n[nH]2)C1=O. The minimum Gasteiger partial charge on any atom is -0.349 e. The van der Waals surface area contributed by atoms with Gasteiger partial charge in [-0.3, -0.25) is 24.6 Å². The van der Waals surface area contributed by atoms with E-state index in [1.165, 1.54) is 0 Å². The Kier molecular flexibility index (Phi) is 5.20. The highest BCUT2D eigenvalue weighted by molar-refractivity contribution is 6.05. The van der Waals surface area contributed by atoms with Crippen molar-refractivity contribution < 1.29 is 14.4 Å². The van der Waals surface area contributed by atoms with Crippen LogP contribution in [-0.4, -0.2) is 55.5 Å². The minimum atomic E-state index is -0.823. The molecule has 0 aliphatic carbocycles. The zero-order valence-electron chi connectivity index (χ0n) is 14.2. The van der Waals surface area contributed by atoms with Gasteiger partial charge in [0.2, 0.25) is 5.91 Å². The Morgan fingerprint density at radius 3 is 2.81 bits per heavy atom. The Hall–Kier alpha value is -3.30. The van der Waals surface area contributed by atoms with Gasteiger partial charge in [0, 0.05) is 24.5 Å². The molecule has 3 heterocycles. The van der Waals surface area contributed by atoms with E-state index in [4.69, 9.17) is 0 Å². The quantitative estimate of drug-likeness (QED) is 0.607. The molecule has 0 radical (unpaired) electrons. The lowest BCUT2D eigenvalue weighted by atomic mass is 10.2. The first-order valence-corrected chi connectivity index (χ1v) is 8.28. The highest BCUT2D eigenvalue weighted by Crippen LogP contribution is 2.13. The predicted octanol–water partition coefficient (Wildman–Crippen LogP) is 0.203. The first-order valence-electron chi connectivity index (χ1n) is 8.28. The van der Waals surface area contributed by atoms with Crippen LogP contribution in [0.1, 0.15) is 25.6 Å². The number of nitrogens with zero attached hydrogens (tertiary/aromatic N) is 4. The number of rotatable bonds is 7. The highest BCUT2D eigenvalue weighted by atomic mass is 16.2. The molecular formula is C16H19N7O3. The third kappa shape index (κ3) is 3.85. The molecule has 2 aromatic rings. The van der Waals surface area contributed by atoms with E-state index in [1.54, 1.807) is 24.5 Å². The van der Waals surface area contributed by atoms with Crippen molar-refractivity contribution in [1.82, 2.24) is 35.7 Å². The van der Waals surface area contributed by atoms with Crippen molar-refractivity contribution in [3.05, 3.63) is 30.4 Å². The van der Waals surface area contributed by atoms with Gasteiger partial charge in [0.05, 0.1) is 13.0 Å². The maximum atomic E-state index is 12.1. The average molecular weight is 357 g/mol. The molecule has 3 rings (SSSR count). The van der Waals surface area contributed by atoms with E-state index in [2.05, 4.69) is 30.8 Å². The number of urea groups is 1. The number of aromatic nitrogens is 4. The second kappa shape index (κ2) is 7.72. The van der Waals surface area contributed by atoms with Crippen LogP contribution in [0.5, 0.6) is 0 Å². The third-order valence-corrected chi connectivity index (χ3v) is 3.87. The molecule has 1 atom stereocenters. The fraction of sp³-hybridized carbons (Fsp3) is 0.375. The number of nitrogens with one attached hydrogen (secondary N) is 3. The van der Waals surface area contributed by atoms with E-state index in [-0.39, 0.29) is 24.8 Å². The van der Waals surface area contributed by atoms with Gasteiger partial charge in [-0.1, -0.05) is 6.92 Å². The zero-order chi connectivity index (χ0) is 18.5. The molecular weight excluding hydrogens is 338 g/mol. The number of H-pyrrole nitrogens is 1. The molecule has 26 heavy (non-hydrogen) atoms. The van der Waals surface area contributed by atoms with Gasteiger partial charge in [-0.25, -0.2) is 9.78 Å². The van der Waals surface area contributed by atoms with Crippen LogP contribution in [0.4, 0.5) is 4.79 Å². The molecule has 0 saturated carbocycles. The molecule has 0 bridgehead atoms. The highest BCUT2D eigenvalue weighted by Gasteiger charge is 2.38. The Bertz CT molecular complexity index is 805. The van der Waals surface area contributed by atoms with Gasteiger partial charge < -0.3 is 10.6 Å². The lowest BCUT2D eigenvalue weighted by molar-refractivity contribution is -0.130. The number of imide groups is 1. The summed E-state index contributed by atoms with van der Waals surface area (Å²) in [4.78, 5) is 45.2. The summed E-state index contributed by atoms with van der Waals surface area (Å²) >= 11 is 0. The second-order valence-electron chi connectivity index (χ2n) is 5.81. The van der Waals surface area contributed by atoms with Gasteiger partial charge in [-0.15, -0.1) is 0 Å². The molecule has 3 N–H and O–H groups in total. The standard InChI is InChI=1S/C16H19N7O3/c1-2-7-23-15(25)11(19-16(23)26)8-13(24)18-9-12-20-14(22-21-12)10-3-5-17-6-4-10/h3-6,11H,2,7-9H2,1H3,(H,18,24)(H,19,26)(H,20,21,22). The third-order valence-electron chi connectivity index (χ3n) is 3.87. The topological polar surface area (TPSA) is 133 Å². The van der Waals surface area contributed by atoms with Gasteiger partial charge >= 0.3 is 6.03 Å². The minimum absolute atomic E-state index is 0.115. The smallest absolute Gasteiger partial charge is 0.324 e. The summed E-state index contributed by atoms with van der Waals surface area (Å²) in [5.41, 5.74) is 0.809. The summed E-state index contributed by atoms with van der Waals surface area (Å²) in [7, 11) is 0. The van der Waals surface area contributed by atoms with Crippen LogP contribution in [0.2, 0.25) is 0 Å². The van der Waals surface area contributed by atoms with Crippen LogP contribution in [0.25, 0.3) is 11.4 Å². The van der Waals surface area contributed by atoms with Crippen molar-refractivity contribution in [1.29, 1.82) is 0 Å². The Balaban J connectivity index is 1.51. The van der Waals surface area contributed by atoms with Crippen LogP contribution in [0.3, 0.4) is 0 Å². The van der Waals surface area contributed by atoms with Crippen molar-refractivity contribution in [3.63, 3.8) is 0 Å². The molecule has 136 valence electrons. The summed E-state index contributed by atoms with van der Waals surface area (Å²) in [5.74, 6) is 0.264. The molecule has 1 aliphatic heterocycles. The van der Waals surface area contributed by atoms with Crippen LogP contribution < -0.4 is 10.6 Å². The van der Waals surface area contributed by atoms with Crippen LogP contribution in [0.15, 0.2) is 24.5 Å². The molecule has 2 aromatic heterocycles. The number of carbonyl (C=O) groups excluding carboxylic acids is 3. The van der Waals surface area contributed by atoms with Gasteiger partial charge in [0.25, 0.3) is 5.91 Å². The Labute approximate surface area is 149 Å². The second-order valence-corrected chi connectivity index (χ2v) is 5.81. The summed E-state index contributed by atoms with van der Waals surface area (Å²) in [6.07, 6.45) is 3.84. The first-order chi connectivity index (χ1) is 12.6. The summed E-state index contributed by atoms with van der Waals surface area (Å²) in [6, 6.07) is 2.28. The zero-order valence-corrected chi connectivity index (χ0v) is 14.2. The first kappa shape index (κ1) is 17.5. The van der Waals surface area contributed by atoms with E-state index in [0.717, 1.165) is 10.5 Å². The van der Waals surface area contributed by atoms with E-state index in [1.807, 2.05) is 6.92 Å². The van der Waals surface area contributed by atoms with Crippen molar-refractivity contribution >= 4 is 17.8 Å². The number of hydrogen-bond acceptors (Lipinski definition) is 6. The van der Waals surface area contributed by atoms with Gasteiger partial charge in [-0.05, 0) is 18.6 Å². The lowest BCUT2D eigenvalue weighted by Crippen LogP contribution is -2.36. The fourth-order valence-electron chi connectivity index (χ4n) is 2.59. The van der Waals surface area contributed by atoms with Crippen molar-refractivity contribution in [2.24, 2.45) is 0 Å². The number of aromatic amines is 1. The molecule has 1 saturated heterocycles. The predicted molar refractivity (Wildman–Crippen MR) is 90.4 cm³/mol. The summed E-state index contributed by atoms with van der Waals surface area (Å²) in [6.45, 7) is 2.36. The number of hydrogen-bond donors (Lipinski definition) is 3.